The van der Waals surface area contributed by atoms with E-state index in [1.165, 1.54) is 0 Å². The van der Waals surface area contributed by atoms with Crippen molar-refractivity contribution in [1.82, 2.24) is 10.2 Å². The second kappa shape index (κ2) is 6.72. The van der Waals surface area contributed by atoms with Gasteiger partial charge in [0.25, 0.3) is 0 Å². The van der Waals surface area contributed by atoms with Crippen LogP contribution in [0.1, 0.15) is 29.3 Å². The first kappa shape index (κ1) is 15.5. The third-order valence-electron chi connectivity index (χ3n) is 4.14. The van der Waals surface area contributed by atoms with E-state index in [4.69, 9.17) is 5.11 Å². The van der Waals surface area contributed by atoms with Gasteiger partial charge in [-0.3, -0.25) is 4.79 Å². The number of nitrogens with one attached hydrogen (secondary N) is 1. The Morgan fingerprint density at radius 3 is 2.71 bits per heavy atom. The molecular weight excluding hydrogens is 268 g/mol. The monoisotopic (exact) mass is 290 g/mol. The van der Waals surface area contributed by atoms with Gasteiger partial charge in [-0.1, -0.05) is 25.1 Å². The summed E-state index contributed by atoms with van der Waals surface area (Å²) in [5.41, 5.74) is 1.07. The van der Waals surface area contributed by atoms with Crippen LogP contribution in [0.25, 0.3) is 0 Å². The highest BCUT2D eigenvalue weighted by atomic mass is 16.4. The van der Waals surface area contributed by atoms with Gasteiger partial charge in [-0.25, -0.2) is 4.79 Å². The number of likely N-dealkylation sites (N-methyl/N-ethyl adjacent to an activating group) is 1. The Kier molecular flexibility index (Phi) is 4.96. The van der Waals surface area contributed by atoms with Crippen LogP contribution >= 0.6 is 0 Å². The number of carbonyl (C=O) groups excluding carboxylic acids is 1. The Balaban J connectivity index is 1.96. The zero-order chi connectivity index (χ0) is 15.4. The van der Waals surface area contributed by atoms with Gasteiger partial charge in [0.15, 0.2) is 0 Å². The molecule has 21 heavy (non-hydrogen) atoms. The standard InChI is InChI=1S/C16H22N2O3/c1-11-7-9-17-14(11)15(19)18(2)10-8-12-5-3-4-6-13(12)16(20)21/h3-6,11,14,17H,7-10H2,1-2H3,(H,20,21). The highest BCUT2D eigenvalue weighted by Crippen LogP contribution is 2.17. The van der Waals surface area contributed by atoms with Crippen molar-refractivity contribution < 1.29 is 14.7 Å². The highest BCUT2D eigenvalue weighted by molar-refractivity contribution is 5.89. The molecule has 2 rings (SSSR count). The molecule has 1 amide bonds. The molecule has 2 unspecified atom stereocenters. The average molecular weight is 290 g/mol. The van der Waals surface area contributed by atoms with Gasteiger partial charge in [0.05, 0.1) is 11.6 Å². The molecule has 1 aromatic rings. The number of hydrogen-bond acceptors (Lipinski definition) is 3. The van der Waals surface area contributed by atoms with Gasteiger partial charge < -0.3 is 15.3 Å². The average Bonchev–Trinajstić information content (AvgIpc) is 2.90. The minimum absolute atomic E-state index is 0.0906. The van der Waals surface area contributed by atoms with Gasteiger partial charge in [-0.2, -0.15) is 0 Å². The van der Waals surface area contributed by atoms with Crippen molar-refractivity contribution in [2.45, 2.75) is 25.8 Å². The van der Waals surface area contributed by atoms with Crippen LogP contribution in [-0.2, 0) is 11.2 Å². The molecule has 1 aliphatic heterocycles. The maximum absolute atomic E-state index is 12.3. The van der Waals surface area contributed by atoms with E-state index < -0.39 is 5.97 Å². The molecule has 0 saturated carbocycles. The number of benzene rings is 1. The summed E-state index contributed by atoms with van der Waals surface area (Å²) in [4.78, 5) is 25.2. The molecule has 5 nitrogen and oxygen atoms in total. The van der Waals surface area contributed by atoms with Crippen molar-refractivity contribution in [3.05, 3.63) is 35.4 Å². The van der Waals surface area contributed by atoms with E-state index in [1.54, 1.807) is 30.1 Å². The van der Waals surface area contributed by atoms with Gasteiger partial charge >= 0.3 is 5.97 Å². The van der Waals surface area contributed by atoms with Crippen molar-refractivity contribution in [3.8, 4) is 0 Å². The first-order valence-electron chi connectivity index (χ1n) is 7.30. The van der Waals surface area contributed by atoms with E-state index in [0.29, 0.717) is 24.4 Å². The van der Waals surface area contributed by atoms with Crippen LogP contribution in [0, 0.1) is 5.92 Å². The van der Waals surface area contributed by atoms with Crippen molar-refractivity contribution in [2.75, 3.05) is 20.1 Å². The summed E-state index contributed by atoms with van der Waals surface area (Å²) in [5, 5.41) is 12.4. The molecule has 1 aromatic carbocycles. The molecule has 2 atom stereocenters. The number of carboxylic acid groups (broad SMARTS) is 1. The molecular formula is C16H22N2O3. The molecule has 0 aliphatic carbocycles. The van der Waals surface area contributed by atoms with Gasteiger partial charge in [-0.15, -0.1) is 0 Å². The summed E-state index contributed by atoms with van der Waals surface area (Å²) in [6.45, 7) is 3.48. The zero-order valence-electron chi connectivity index (χ0n) is 12.5. The van der Waals surface area contributed by atoms with Crippen LogP contribution in [0.5, 0.6) is 0 Å². The van der Waals surface area contributed by atoms with Crippen LogP contribution in [0.15, 0.2) is 24.3 Å². The molecule has 114 valence electrons. The summed E-state index contributed by atoms with van der Waals surface area (Å²) in [6, 6.07) is 6.83. The number of hydrogen-bond donors (Lipinski definition) is 2. The summed E-state index contributed by atoms with van der Waals surface area (Å²) in [6.07, 6.45) is 1.57. The minimum Gasteiger partial charge on any atom is -0.478 e. The lowest BCUT2D eigenvalue weighted by molar-refractivity contribution is -0.132. The largest absolute Gasteiger partial charge is 0.478 e. The Bertz CT molecular complexity index is 530. The maximum Gasteiger partial charge on any atom is 0.335 e. The quantitative estimate of drug-likeness (QED) is 0.859. The smallest absolute Gasteiger partial charge is 0.335 e. The van der Waals surface area contributed by atoms with Crippen LogP contribution in [0.4, 0.5) is 0 Å². The Morgan fingerprint density at radius 1 is 1.38 bits per heavy atom. The van der Waals surface area contributed by atoms with Crippen LogP contribution in [-0.4, -0.2) is 48.1 Å². The number of rotatable bonds is 5. The molecule has 5 heteroatoms. The van der Waals surface area contributed by atoms with Crippen LogP contribution in [0.2, 0.25) is 0 Å². The second-order valence-electron chi connectivity index (χ2n) is 5.67. The fourth-order valence-corrected chi connectivity index (χ4v) is 2.75. The molecule has 0 spiro atoms. The summed E-state index contributed by atoms with van der Waals surface area (Å²) >= 11 is 0. The van der Waals surface area contributed by atoms with E-state index >= 15 is 0 Å². The maximum atomic E-state index is 12.3. The molecule has 1 fully saturated rings. The van der Waals surface area contributed by atoms with Crippen LogP contribution in [0.3, 0.4) is 0 Å². The number of carboxylic acids is 1. The Labute approximate surface area is 125 Å². The van der Waals surface area contributed by atoms with E-state index in [2.05, 4.69) is 12.2 Å². The summed E-state index contributed by atoms with van der Waals surface area (Å²) in [7, 11) is 1.78. The van der Waals surface area contributed by atoms with Gasteiger partial charge in [0.1, 0.15) is 0 Å². The lowest BCUT2D eigenvalue weighted by atomic mass is 10.0. The third kappa shape index (κ3) is 3.61. The second-order valence-corrected chi connectivity index (χ2v) is 5.67. The van der Waals surface area contributed by atoms with Crippen molar-refractivity contribution in [3.63, 3.8) is 0 Å². The molecule has 0 radical (unpaired) electrons. The van der Waals surface area contributed by atoms with Crippen molar-refractivity contribution in [1.29, 1.82) is 0 Å². The highest BCUT2D eigenvalue weighted by Gasteiger charge is 2.31. The van der Waals surface area contributed by atoms with Gasteiger partial charge in [-0.05, 0) is 36.9 Å². The zero-order valence-corrected chi connectivity index (χ0v) is 12.5. The topological polar surface area (TPSA) is 69.6 Å². The lowest BCUT2D eigenvalue weighted by Crippen LogP contribution is -2.44. The number of carbonyl (C=O) groups is 2. The molecule has 0 bridgehead atoms. The normalized spacial score (nSPS) is 21.2. The Morgan fingerprint density at radius 2 is 2.10 bits per heavy atom. The van der Waals surface area contributed by atoms with Gasteiger partial charge in [0, 0.05) is 13.6 Å². The van der Waals surface area contributed by atoms with E-state index in [0.717, 1.165) is 18.5 Å². The predicted octanol–water partition coefficient (Wildman–Crippen LogP) is 1.38. The van der Waals surface area contributed by atoms with E-state index in [1.807, 2.05) is 6.07 Å². The molecule has 0 aromatic heterocycles. The molecule has 2 N–H and O–H groups in total. The fourth-order valence-electron chi connectivity index (χ4n) is 2.75. The van der Waals surface area contributed by atoms with E-state index in [9.17, 15) is 9.59 Å². The number of aromatic carboxylic acids is 1. The lowest BCUT2D eigenvalue weighted by Gasteiger charge is -2.23. The summed E-state index contributed by atoms with van der Waals surface area (Å²) < 4.78 is 0. The fraction of sp³-hybridized carbons (Fsp3) is 0.500. The first-order chi connectivity index (χ1) is 10.0. The SMILES string of the molecule is CC1CCNC1C(=O)N(C)CCc1ccccc1C(=O)O. The molecule has 1 saturated heterocycles. The van der Waals surface area contributed by atoms with Crippen molar-refractivity contribution in [2.24, 2.45) is 5.92 Å². The minimum atomic E-state index is -0.925. The number of nitrogens with zero attached hydrogens (tertiary/aromatic N) is 1. The summed E-state index contributed by atoms with van der Waals surface area (Å²) in [5.74, 6) is -0.482. The number of amides is 1. The van der Waals surface area contributed by atoms with E-state index in [-0.39, 0.29) is 11.9 Å². The first-order valence-corrected chi connectivity index (χ1v) is 7.30. The molecule has 1 heterocycles. The molecule has 1 aliphatic rings. The third-order valence-corrected chi connectivity index (χ3v) is 4.14. The Hall–Kier alpha value is -1.88. The predicted molar refractivity (Wildman–Crippen MR) is 80.3 cm³/mol. The van der Waals surface area contributed by atoms with Crippen LogP contribution < -0.4 is 5.32 Å². The van der Waals surface area contributed by atoms with Gasteiger partial charge in [0.2, 0.25) is 5.91 Å². The van der Waals surface area contributed by atoms with Crippen molar-refractivity contribution >= 4 is 11.9 Å².